The van der Waals surface area contributed by atoms with E-state index < -0.39 is 17.1 Å². The number of esters is 1. The molecule has 0 spiro atoms. The van der Waals surface area contributed by atoms with E-state index in [1.165, 1.54) is 18.9 Å². The third-order valence-electron chi connectivity index (χ3n) is 2.19. The molecule has 0 unspecified atom stereocenters. The van der Waals surface area contributed by atoms with Gasteiger partial charge in [0.2, 0.25) is 5.91 Å². The molecule has 17 heavy (non-hydrogen) atoms. The molecule has 0 aliphatic carbocycles. The molecule has 0 heterocycles. The molecule has 0 aliphatic heterocycles. The van der Waals surface area contributed by atoms with Crippen molar-refractivity contribution >= 4 is 23.6 Å². The number of hydrogen-bond acceptors (Lipinski definition) is 4. The first-order valence-electron chi connectivity index (χ1n) is 5.15. The van der Waals surface area contributed by atoms with Crippen molar-refractivity contribution in [2.45, 2.75) is 17.4 Å². The Morgan fingerprint density at radius 2 is 2.00 bits per heavy atom. The van der Waals surface area contributed by atoms with E-state index in [4.69, 9.17) is 5.73 Å². The minimum atomic E-state index is -0.539. The lowest BCUT2D eigenvalue weighted by Gasteiger charge is -2.11. The van der Waals surface area contributed by atoms with Crippen LogP contribution in [0.25, 0.3) is 0 Å². The molecule has 5 heteroatoms. The molecule has 0 aliphatic rings. The van der Waals surface area contributed by atoms with Crippen molar-refractivity contribution in [3.8, 4) is 0 Å². The van der Waals surface area contributed by atoms with Crippen LogP contribution in [0.5, 0.6) is 0 Å². The summed E-state index contributed by atoms with van der Waals surface area (Å²) in [4.78, 5) is 22.3. The molecule has 1 aromatic rings. The standard InChI is InChI=1S/C12H15NO3S/c1-16-11(14)7-10(12(13)15)17-8-9-5-3-2-4-6-9/h2-6,10H,7-8H2,1H3,(H2,13,15)/t10-/m1/s1. The Hall–Kier alpha value is -1.49. The zero-order chi connectivity index (χ0) is 12.7. The zero-order valence-electron chi connectivity index (χ0n) is 9.59. The number of methoxy groups -OCH3 is 1. The molecule has 92 valence electrons. The smallest absolute Gasteiger partial charge is 0.307 e. The summed E-state index contributed by atoms with van der Waals surface area (Å²) in [6.45, 7) is 0. The summed E-state index contributed by atoms with van der Waals surface area (Å²) < 4.78 is 4.52. The summed E-state index contributed by atoms with van der Waals surface area (Å²) in [7, 11) is 1.29. The van der Waals surface area contributed by atoms with Crippen LogP contribution in [0.15, 0.2) is 30.3 Å². The topological polar surface area (TPSA) is 69.4 Å². The summed E-state index contributed by atoms with van der Waals surface area (Å²) >= 11 is 1.35. The van der Waals surface area contributed by atoms with Crippen LogP contribution >= 0.6 is 11.8 Å². The van der Waals surface area contributed by atoms with Gasteiger partial charge in [-0.15, -0.1) is 11.8 Å². The molecule has 0 radical (unpaired) electrons. The first-order valence-corrected chi connectivity index (χ1v) is 6.20. The van der Waals surface area contributed by atoms with E-state index in [9.17, 15) is 9.59 Å². The summed E-state index contributed by atoms with van der Waals surface area (Å²) in [5.41, 5.74) is 6.33. The van der Waals surface area contributed by atoms with Crippen molar-refractivity contribution in [3.05, 3.63) is 35.9 Å². The molecule has 1 rings (SSSR count). The summed E-state index contributed by atoms with van der Waals surface area (Å²) in [6.07, 6.45) is 0.0172. The molecule has 1 amide bonds. The van der Waals surface area contributed by atoms with Gasteiger partial charge in [0.25, 0.3) is 0 Å². The van der Waals surface area contributed by atoms with Gasteiger partial charge in [-0.2, -0.15) is 0 Å². The molecule has 0 saturated carbocycles. The van der Waals surface area contributed by atoms with E-state index in [0.29, 0.717) is 5.75 Å². The highest BCUT2D eigenvalue weighted by atomic mass is 32.2. The average Bonchev–Trinajstić information content (AvgIpc) is 2.35. The van der Waals surface area contributed by atoms with Gasteiger partial charge in [0.15, 0.2) is 0 Å². The van der Waals surface area contributed by atoms with E-state index in [2.05, 4.69) is 4.74 Å². The summed E-state index contributed by atoms with van der Waals surface area (Å²) in [6, 6.07) is 9.70. The van der Waals surface area contributed by atoms with Crippen LogP contribution in [0.4, 0.5) is 0 Å². The summed E-state index contributed by atoms with van der Waals surface area (Å²) in [5.74, 6) is -0.267. The predicted octanol–water partition coefficient (Wildman–Crippen LogP) is 1.34. The maximum atomic E-state index is 11.2. The van der Waals surface area contributed by atoms with Gasteiger partial charge in [-0.25, -0.2) is 0 Å². The van der Waals surface area contributed by atoms with Crippen LogP contribution in [-0.2, 0) is 20.1 Å². The molecule has 0 fully saturated rings. The van der Waals surface area contributed by atoms with Gasteiger partial charge in [0.1, 0.15) is 0 Å². The quantitative estimate of drug-likeness (QED) is 0.777. The van der Waals surface area contributed by atoms with Crippen LogP contribution in [0.1, 0.15) is 12.0 Å². The highest BCUT2D eigenvalue weighted by molar-refractivity contribution is 7.99. The maximum Gasteiger partial charge on any atom is 0.307 e. The number of benzene rings is 1. The second kappa shape index (κ2) is 6.96. The maximum absolute atomic E-state index is 11.2. The lowest BCUT2D eigenvalue weighted by atomic mass is 10.2. The zero-order valence-corrected chi connectivity index (χ0v) is 10.4. The fourth-order valence-electron chi connectivity index (χ4n) is 1.25. The molecule has 4 nitrogen and oxygen atoms in total. The SMILES string of the molecule is COC(=O)C[C@@H](SCc1ccccc1)C(N)=O. The normalized spacial score (nSPS) is 11.8. The van der Waals surface area contributed by atoms with Gasteiger partial charge in [-0.05, 0) is 5.56 Å². The van der Waals surface area contributed by atoms with Crippen molar-refractivity contribution in [2.24, 2.45) is 5.73 Å². The lowest BCUT2D eigenvalue weighted by molar-refractivity contribution is -0.141. The van der Waals surface area contributed by atoms with Crippen LogP contribution in [0, 0.1) is 0 Å². The van der Waals surface area contributed by atoms with Crippen LogP contribution in [0.3, 0.4) is 0 Å². The van der Waals surface area contributed by atoms with Crippen molar-refractivity contribution in [3.63, 3.8) is 0 Å². The third kappa shape index (κ3) is 4.91. The molecular formula is C12H15NO3S. The summed E-state index contributed by atoms with van der Waals surface area (Å²) in [5, 5.41) is -0.539. The van der Waals surface area contributed by atoms with Crippen molar-refractivity contribution in [2.75, 3.05) is 7.11 Å². The monoisotopic (exact) mass is 253 g/mol. The van der Waals surface area contributed by atoms with E-state index in [-0.39, 0.29) is 6.42 Å². The molecule has 0 aromatic heterocycles. The molecule has 1 aromatic carbocycles. The Bertz CT molecular complexity index is 381. The Morgan fingerprint density at radius 3 is 2.53 bits per heavy atom. The minimum Gasteiger partial charge on any atom is -0.469 e. The number of carbonyl (C=O) groups is 2. The molecule has 0 bridgehead atoms. The van der Waals surface area contributed by atoms with Crippen molar-refractivity contribution in [1.82, 2.24) is 0 Å². The fraction of sp³-hybridized carbons (Fsp3) is 0.333. The van der Waals surface area contributed by atoms with Gasteiger partial charge < -0.3 is 10.5 Å². The number of rotatable bonds is 6. The average molecular weight is 253 g/mol. The number of carbonyl (C=O) groups excluding carboxylic acids is 2. The highest BCUT2D eigenvalue weighted by Crippen LogP contribution is 2.20. The fourth-order valence-corrected chi connectivity index (χ4v) is 2.25. The second-order valence-corrected chi connectivity index (χ2v) is 4.66. The lowest BCUT2D eigenvalue weighted by Crippen LogP contribution is -2.28. The van der Waals surface area contributed by atoms with Crippen LogP contribution in [-0.4, -0.2) is 24.2 Å². The molecule has 0 saturated heterocycles. The van der Waals surface area contributed by atoms with E-state index in [1.807, 2.05) is 30.3 Å². The number of amides is 1. The van der Waals surface area contributed by atoms with E-state index >= 15 is 0 Å². The van der Waals surface area contributed by atoms with Gasteiger partial charge >= 0.3 is 5.97 Å². The number of primary amides is 1. The first kappa shape index (κ1) is 13.6. The van der Waals surface area contributed by atoms with Gasteiger partial charge in [0, 0.05) is 5.75 Å². The minimum absolute atomic E-state index is 0.0172. The van der Waals surface area contributed by atoms with E-state index in [0.717, 1.165) is 5.56 Å². The number of thioether (sulfide) groups is 1. The van der Waals surface area contributed by atoms with Crippen LogP contribution in [0.2, 0.25) is 0 Å². The van der Waals surface area contributed by atoms with Gasteiger partial charge in [-0.1, -0.05) is 30.3 Å². The van der Waals surface area contributed by atoms with Crippen LogP contribution < -0.4 is 5.73 Å². The Balaban J connectivity index is 2.50. The third-order valence-corrected chi connectivity index (χ3v) is 3.49. The van der Waals surface area contributed by atoms with Gasteiger partial charge in [-0.3, -0.25) is 9.59 Å². The number of hydrogen-bond donors (Lipinski definition) is 1. The first-order chi connectivity index (χ1) is 8.13. The Kier molecular flexibility index (Phi) is 5.56. The largest absolute Gasteiger partial charge is 0.469 e. The predicted molar refractivity (Wildman–Crippen MR) is 67.4 cm³/mol. The molecular weight excluding hydrogens is 238 g/mol. The van der Waals surface area contributed by atoms with E-state index in [1.54, 1.807) is 0 Å². The molecule has 2 N–H and O–H groups in total. The van der Waals surface area contributed by atoms with Crippen molar-refractivity contribution in [1.29, 1.82) is 0 Å². The van der Waals surface area contributed by atoms with Crippen molar-refractivity contribution < 1.29 is 14.3 Å². The Morgan fingerprint density at radius 1 is 1.35 bits per heavy atom. The Labute approximate surface area is 105 Å². The number of nitrogens with two attached hydrogens (primary N) is 1. The molecule has 1 atom stereocenters. The van der Waals surface area contributed by atoms with Gasteiger partial charge in [0.05, 0.1) is 18.8 Å². The highest BCUT2D eigenvalue weighted by Gasteiger charge is 2.20. The number of ether oxygens (including phenoxy) is 1. The second-order valence-electron chi connectivity index (χ2n) is 3.47.